The normalized spacial score (nSPS) is 12.3. The van der Waals surface area contributed by atoms with Crippen LogP contribution in [0.1, 0.15) is 12.8 Å². The SMILES string of the molecule is CN(C)CCCCNS(C)(=O)=O. The summed E-state index contributed by atoms with van der Waals surface area (Å²) in [5.74, 6) is 0. The van der Waals surface area contributed by atoms with Gasteiger partial charge in [-0.25, -0.2) is 13.1 Å². The van der Waals surface area contributed by atoms with E-state index in [0.29, 0.717) is 6.54 Å². The van der Waals surface area contributed by atoms with Crippen LogP contribution in [0, 0.1) is 0 Å². The molecule has 0 saturated heterocycles. The van der Waals surface area contributed by atoms with Crippen LogP contribution in [0.15, 0.2) is 0 Å². The molecule has 0 aliphatic rings. The van der Waals surface area contributed by atoms with E-state index >= 15 is 0 Å². The Hall–Kier alpha value is -0.130. The first kappa shape index (κ1) is 11.9. The molecule has 4 nitrogen and oxygen atoms in total. The van der Waals surface area contributed by atoms with Crippen molar-refractivity contribution in [2.24, 2.45) is 0 Å². The van der Waals surface area contributed by atoms with Crippen LogP contribution in [0.5, 0.6) is 0 Å². The first-order valence-corrected chi connectivity index (χ1v) is 5.90. The summed E-state index contributed by atoms with van der Waals surface area (Å²) in [5, 5.41) is 0. The monoisotopic (exact) mass is 194 g/mol. The number of nitrogens with zero attached hydrogens (tertiary/aromatic N) is 1. The first-order chi connectivity index (χ1) is 5.42. The second kappa shape index (κ2) is 5.50. The second-order valence-corrected chi connectivity index (χ2v) is 5.01. The Morgan fingerprint density at radius 3 is 2.25 bits per heavy atom. The zero-order valence-electron chi connectivity index (χ0n) is 8.00. The van der Waals surface area contributed by atoms with Gasteiger partial charge < -0.3 is 4.90 Å². The van der Waals surface area contributed by atoms with Crippen molar-refractivity contribution in [2.45, 2.75) is 12.8 Å². The van der Waals surface area contributed by atoms with E-state index < -0.39 is 10.0 Å². The lowest BCUT2D eigenvalue weighted by Crippen LogP contribution is -2.23. The average Bonchev–Trinajstić information content (AvgIpc) is 1.83. The highest BCUT2D eigenvalue weighted by Crippen LogP contribution is 1.89. The second-order valence-electron chi connectivity index (χ2n) is 3.18. The Kier molecular flexibility index (Phi) is 5.44. The summed E-state index contributed by atoms with van der Waals surface area (Å²) in [6, 6.07) is 0. The number of hydrogen-bond donors (Lipinski definition) is 1. The maximum absolute atomic E-state index is 10.6. The molecule has 0 heterocycles. The molecule has 74 valence electrons. The molecule has 0 aromatic carbocycles. The fraction of sp³-hybridized carbons (Fsp3) is 1.00. The quantitative estimate of drug-likeness (QED) is 0.600. The smallest absolute Gasteiger partial charge is 0.208 e. The van der Waals surface area contributed by atoms with Gasteiger partial charge in [-0.1, -0.05) is 0 Å². The number of nitrogens with one attached hydrogen (secondary N) is 1. The summed E-state index contributed by atoms with van der Waals surface area (Å²) < 4.78 is 23.7. The minimum atomic E-state index is -2.99. The van der Waals surface area contributed by atoms with Crippen LogP contribution in [0.4, 0.5) is 0 Å². The number of unbranched alkanes of at least 4 members (excludes halogenated alkanes) is 1. The van der Waals surface area contributed by atoms with Crippen molar-refractivity contribution in [1.29, 1.82) is 0 Å². The van der Waals surface area contributed by atoms with Gasteiger partial charge in [-0.15, -0.1) is 0 Å². The van der Waals surface area contributed by atoms with Crippen molar-refractivity contribution in [3.05, 3.63) is 0 Å². The molecule has 0 bridgehead atoms. The Labute approximate surface area is 75.0 Å². The van der Waals surface area contributed by atoms with Crippen molar-refractivity contribution in [3.63, 3.8) is 0 Å². The summed E-state index contributed by atoms with van der Waals surface area (Å²) in [4.78, 5) is 2.08. The van der Waals surface area contributed by atoms with Gasteiger partial charge in [-0.2, -0.15) is 0 Å². The number of sulfonamides is 1. The molecule has 0 aromatic rings. The van der Waals surface area contributed by atoms with Gasteiger partial charge in [0.1, 0.15) is 0 Å². The summed E-state index contributed by atoms with van der Waals surface area (Å²) in [6.07, 6.45) is 3.10. The lowest BCUT2D eigenvalue weighted by Gasteiger charge is -2.08. The maximum atomic E-state index is 10.6. The Bertz CT molecular complexity index is 199. The van der Waals surface area contributed by atoms with Gasteiger partial charge in [0.25, 0.3) is 0 Å². The van der Waals surface area contributed by atoms with Crippen LogP contribution < -0.4 is 4.72 Å². The standard InChI is InChI=1S/C7H18N2O2S/c1-9(2)7-5-4-6-8-12(3,10)11/h8H,4-7H2,1-3H3. The molecular formula is C7H18N2O2S. The van der Waals surface area contributed by atoms with E-state index in [1.807, 2.05) is 14.1 Å². The number of hydrogen-bond acceptors (Lipinski definition) is 3. The van der Waals surface area contributed by atoms with E-state index in [1.165, 1.54) is 6.26 Å². The van der Waals surface area contributed by atoms with Crippen LogP contribution in [0.3, 0.4) is 0 Å². The maximum Gasteiger partial charge on any atom is 0.208 e. The third-order valence-corrected chi connectivity index (χ3v) is 2.12. The predicted molar refractivity (Wildman–Crippen MR) is 50.6 cm³/mol. The minimum absolute atomic E-state index is 0.548. The zero-order valence-corrected chi connectivity index (χ0v) is 8.82. The van der Waals surface area contributed by atoms with Crippen LogP contribution in [-0.2, 0) is 10.0 Å². The summed E-state index contributed by atoms with van der Waals surface area (Å²) in [7, 11) is 1.02. The molecule has 0 unspecified atom stereocenters. The van der Waals surface area contributed by atoms with E-state index in [-0.39, 0.29) is 0 Å². The highest BCUT2D eigenvalue weighted by molar-refractivity contribution is 7.88. The number of rotatable bonds is 6. The van der Waals surface area contributed by atoms with Gasteiger partial charge in [0, 0.05) is 6.54 Å². The topological polar surface area (TPSA) is 49.4 Å². The molecule has 0 radical (unpaired) electrons. The molecule has 0 rings (SSSR count). The first-order valence-electron chi connectivity index (χ1n) is 4.01. The van der Waals surface area contributed by atoms with Crippen LogP contribution >= 0.6 is 0 Å². The van der Waals surface area contributed by atoms with E-state index in [2.05, 4.69) is 9.62 Å². The van der Waals surface area contributed by atoms with Gasteiger partial charge in [-0.05, 0) is 33.5 Å². The predicted octanol–water partition coefficient (Wildman–Crippen LogP) is -0.123. The highest BCUT2D eigenvalue weighted by Gasteiger charge is 1.98. The van der Waals surface area contributed by atoms with Crippen LogP contribution in [0.25, 0.3) is 0 Å². The molecule has 5 heteroatoms. The zero-order chi connectivity index (χ0) is 9.61. The minimum Gasteiger partial charge on any atom is -0.309 e. The molecule has 0 spiro atoms. The fourth-order valence-corrected chi connectivity index (χ4v) is 1.33. The molecule has 12 heavy (non-hydrogen) atoms. The van der Waals surface area contributed by atoms with Crippen LogP contribution in [-0.4, -0.2) is 46.8 Å². The van der Waals surface area contributed by atoms with E-state index in [1.54, 1.807) is 0 Å². The van der Waals surface area contributed by atoms with Gasteiger partial charge in [-0.3, -0.25) is 0 Å². The summed E-state index contributed by atoms with van der Waals surface area (Å²) in [5.41, 5.74) is 0. The third-order valence-electron chi connectivity index (χ3n) is 1.40. The lowest BCUT2D eigenvalue weighted by molar-refractivity contribution is 0.394. The van der Waals surface area contributed by atoms with E-state index in [0.717, 1.165) is 19.4 Å². The average molecular weight is 194 g/mol. The Morgan fingerprint density at radius 2 is 1.83 bits per heavy atom. The van der Waals surface area contributed by atoms with Crippen molar-refractivity contribution < 1.29 is 8.42 Å². The van der Waals surface area contributed by atoms with E-state index in [9.17, 15) is 8.42 Å². The van der Waals surface area contributed by atoms with Gasteiger partial charge >= 0.3 is 0 Å². The van der Waals surface area contributed by atoms with Gasteiger partial charge in [0.05, 0.1) is 6.26 Å². The fourth-order valence-electron chi connectivity index (χ4n) is 0.811. The Morgan fingerprint density at radius 1 is 1.25 bits per heavy atom. The van der Waals surface area contributed by atoms with Crippen molar-refractivity contribution >= 4 is 10.0 Å². The molecule has 0 aliphatic carbocycles. The van der Waals surface area contributed by atoms with Crippen molar-refractivity contribution in [3.8, 4) is 0 Å². The highest BCUT2D eigenvalue weighted by atomic mass is 32.2. The van der Waals surface area contributed by atoms with Crippen LogP contribution in [0.2, 0.25) is 0 Å². The molecule has 0 fully saturated rings. The molecular weight excluding hydrogens is 176 g/mol. The third kappa shape index (κ3) is 9.87. The molecule has 0 amide bonds. The van der Waals surface area contributed by atoms with Gasteiger partial charge in [0.15, 0.2) is 0 Å². The van der Waals surface area contributed by atoms with Gasteiger partial charge in [0.2, 0.25) is 10.0 Å². The van der Waals surface area contributed by atoms with Crippen molar-refractivity contribution in [1.82, 2.24) is 9.62 Å². The molecule has 0 aliphatic heterocycles. The molecule has 1 N–H and O–H groups in total. The summed E-state index contributed by atoms with van der Waals surface area (Å²) in [6.45, 7) is 1.55. The van der Waals surface area contributed by atoms with E-state index in [4.69, 9.17) is 0 Å². The van der Waals surface area contributed by atoms with Crippen molar-refractivity contribution in [2.75, 3.05) is 33.4 Å². The summed E-state index contributed by atoms with van der Waals surface area (Å²) >= 11 is 0. The molecule has 0 saturated carbocycles. The lowest BCUT2D eigenvalue weighted by atomic mass is 10.3. The molecule has 0 aromatic heterocycles. The Balaban J connectivity index is 3.23. The molecule has 0 atom stereocenters. The largest absolute Gasteiger partial charge is 0.309 e.